The Morgan fingerprint density at radius 3 is 1.92 bits per heavy atom. The zero-order chi connectivity index (χ0) is 28.4. The molecular formula is C27H28N2O8S2+2. The Balaban J connectivity index is 2.11. The number of carboxylic acids is 1. The number of carboxylic acid groups (broad SMARTS) is 1. The minimum Gasteiger partial charge on any atom is -0.481 e. The summed E-state index contributed by atoms with van der Waals surface area (Å²) in [6.07, 6.45) is -0.254. The van der Waals surface area contributed by atoms with Crippen molar-refractivity contribution in [3.8, 4) is 0 Å². The Kier molecular flexibility index (Phi) is 7.84. The summed E-state index contributed by atoms with van der Waals surface area (Å²) in [5.74, 6) is -1.73. The van der Waals surface area contributed by atoms with Gasteiger partial charge in [0.2, 0.25) is 11.0 Å². The summed E-state index contributed by atoms with van der Waals surface area (Å²) in [6.45, 7) is 1.40. The van der Waals surface area contributed by atoms with Gasteiger partial charge in [0.25, 0.3) is 10.1 Å². The molecule has 39 heavy (non-hydrogen) atoms. The Labute approximate surface area is 226 Å². The number of hydrogen-bond acceptors (Lipinski definition) is 6. The molecule has 1 amide bonds. The smallest absolute Gasteiger partial charge is 0.338 e. The fourth-order valence-corrected chi connectivity index (χ4v) is 7.05. The number of quaternary nitrogens is 1. The number of carbonyl (C=O) groups excluding carboxylic acids is 1. The molecule has 1 unspecified atom stereocenters. The number of rotatable bonds is 11. The fourth-order valence-electron chi connectivity index (χ4n) is 4.82. The third-order valence-corrected chi connectivity index (χ3v) is 9.62. The minimum atomic E-state index is -4.53. The number of benzene rings is 3. The van der Waals surface area contributed by atoms with Crippen LogP contribution in [-0.2, 0) is 36.3 Å². The Morgan fingerprint density at radius 2 is 1.44 bits per heavy atom. The molecule has 10 nitrogen and oxygen atoms in total. The summed E-state index contributed by atoms with van der Waals surface area (Å²) in [5, 5.41) is 10.3. The van der Waals surface area contributed by atoms with E-state index in [0.29, 0.717) is 21.8 Å². The number of hydrogen-bond donors (Lipinski definition) is 2. The second-order valence-electron chi connectivity index (χ2n) is 9.23. The Hall–Kier alpha value is -3.71. The van der Waals surface area contributed by atoms with Gasteiger partial charge in [0.1, 0.15) is 22.2 Å². The molecule has 0 bridgehead atoms. The van der Waals surface area contributed by atoms with Gasteiger partial charge < -0.3 is 5.11 Å². The molecule has 0 aliphatic rings. The number of nitrogens with zero attached hydrogens (tertiary/aromatic N) is 2. The van der Waals surface area contributed by atoms with Crippen molar-refractivity contribution in [1.82, 2.24) is 3.89 Å². The van der Waals surface area contributed by atoms with E-state index in [1.807, 2.05) is 0 Å². The first kappa shape index (κ1) is 28.3. The second-order valence-corrected chi connectivity index (χ2v) is 12.9. The van der Waals surface area contributed by atoms with E-state index in [4.69, 9.17) is 0 Å². The first-order valence-corrected chi connectivity index (χ1v) is 15.1. The first-order chi connectivity index (χ1) is 18.4. The van der Waals surface area contributed by atoms with Crippen LogP contribution >= 0.6 is 0 Å². The zero-order valence-corrected chi connectivity index (χ0v) is 22.7. The number of pyridine rings is 1. The fraction of sp³-hybridized carbons (Fsp3) is 0.222. The molecule has 204 valence electrons. The van der Waals surface area contributed by atoms with Crippen molar-refractivity contribution >= 4 is 60.0 Å². The van der Waals surface area contributed by atoms with Gasteiger partial charge in [-0.15, -0.1) is 3.89 Å². The van der Waals surface area contributed by atoms with E-state index >= 15 is 0 Å². The minimum absolute atomic E-state index is 0.0746. The third kappa shape index (κ3) is 5.41. The molecule has 0 aliphatic heterocycles. The Bertz CT molecular complexity index is 1730. The van der Waals surface area contributed by atoms with Gasteiger partial charge in [-0.05, 0) is 31.2 Å². The lowest BCUT2D eigenvalue weighted by atomic mass is 10.1. The van der Waals surface area contributed by atoms with E-state index in [1.165, 1.54) is 12.1 Å². The predicted molar refractivity (Wildman–Crippen MR) is 146 cm³/mol. The van der Waals surface area contributed by atoms with E-state index in [0.717, 1.165) is 5.56 Å². The molecule has 12 heteroatoms. The molecule has 1 aromatic heterocycles. The third-order valence-electron chi connectivity index (χ3n) is 6.64. The van der Waals surface area contributed by atoms with Crippen LogP contribution < -0.4 is 8.46 Å². The summed E-state index contributed by atoms with van der Waals surface area (Å²) in [6, 6.07) is 19.5. The van der Waals surface area contributed by atoms with Crippen LogP contribution in [0.2, 0.25) is 0 Å². The van der Waals surface area contributed by atoms with Gasteiger partial charge in [0.15, 0.2) is 12.2 Å². The van der Waals surface area contributed by atoms with Gasteiger partial charge in [-0.25, -0.2) is 4.79 Å². The highest BCUT2D eigenvalue weighted by atomic mass is 32.2. The lowest BCUT2D eigenvalue weighted by molar-refractivity contribution is -0.645. The van der Waals surface area contributed by atoms with Gasteiger partial charge >= 0.3 is 22.4 Å². The van der Waals surface area contributed by atoms with E-state index in [9.17, 15) is 36.1 Å². The quantitative estimate of drug-likeness (QED) is 0.0916. The van der Waals surface area contributed by atoms with Gasteiger partial charge in [-0.1, -0.05) is 42.0 Å². The number of aryl methyl sites for hydroxylation is 2. The average Bonchev–Trinajstić information content (AvgIpc) is 2.89. The number of aromatic nitrogens is 1. The molecule has 0 saturated heterocycles. The molecule has 1 heterocycles. The highest BCUT2D eigenvalue weighted by molar-refractivity contribution is 7.91. The van der Waals surface area contributed by atoms with Crippen LogP contribution in [-0.4, -0.2) is 51.2 Å². The van der Waals surface area contributed by atoms with E-state index in [-0.39, 0.29) is 30.0 Å². The van der Waals surface area contributed by atoms with Crippen molar-refractivity contribution in [2.24, 2.45) is 0 Å². The number of sulfonamides is 1. The second kappa shape index (κ2) is 10.8. The monoisotopic (exact) mass is 572 g/mol. The predicted octanol–water partition coefficient (Wildman–Crippen LogP) is 3.19. The highest BCUT2D eigenvalue weighted by Gasteiger charge is 2.49. The van der Waals surface area contributed by atoms with Crippen molar-refractivity contribution in [2.45, 2.75) is 31.2 Å². The molecule has 4 rings (SSSR count). The molecule has 2 N–H and O–H groups in total. The molecule has 4 aromatic rings. The van der Waals surface area contributed by atoms with Crippen LogP contribution in [0.1, 0.15) is 18.4 Å². The SMILES string of the molecule is Cc1ccc(S(=O)(=O)[N+](C=O)(CCC(=O)O)c2c3ccccc3[n+](CCCS(=O)(=O)O)c3ccccc23)cc1. The van der Waals surface area contributed by atoms with Crippen LogP contribution in [0.4, 0.5) is 5.69 Å². The molecule has 0 aliphatic carbocycles. The van der Waals surface area contributed by atoms with Gasteiger partial charge in [-0.3, -0.25) is 9.35 Å². The highest BCUT2D eigenvalue weighted by Crippen LogP contribution is 2.41. The number of aliphatic carboxylic acids is 1. The molecule has 0 spiro atoms. The molecule has 0 saturated carbocycles. The summed E-state index contributed by atoms with van der Waals surface area (Å²) < 4.78 is 61.1. The summed E-state index contributed by atoms with van der Waals surface area (Å²) in [4.78, 5) is 24.6. The number of para-hydroxylation sites is 2. The van der Waals surface area contributed by atoms with Gasteiger partial charge in [-0.2, -0.15) is 21.4 Å². The van der Waals surface area contributed by atoms with Crippen LogP contribution in [0.5, 0.6) is 0 Å². The average molecular weight is 573 g/mol. The van der Waals surface area contributed by atoms with Crippen molar-refractivity contribution in [3.05, 3.63) is 78.4 Å². The molecular weight excluding hydrogens is 544 g/mol. The molecule has 1 atom stereocenters. The lowest BCUT2D eigenvalue weighted by Gasteiger charge is -2.31. The van der Waals surface area contributed by atoms with Crippen LogP contribution in [0.25, 0.3) is 21.8 Å². The standard InChI is InChI=1S/C27H26N2O8S2/c1-20-11-13-21(14-12-20)39(36,37)29(19-30,17-15-26(31)32)27-22-7-2-4-9-24(22)28(16-6-18-38(33,34)35)25-10-5-3-8-23(25)27/h2-5,7-14,19H,6,15-18H2,1H3/p+2. The maximum atomic E-state index is 14.3. The zero-order valence-electron chi connectivity index (χ0n) is 21.1. The maximum Gasteiger partial charge on any atom is 0.338 e. The molecule has 0 fully saturated rings. The van der Waals surface area contributed by atoms with Crippen molar-refractivity contribution in [1.29, 1.82) is 0 Å². The van der Waals surface area contributed by atoms with E-state index < -0.39 is 48.7 Å². The van der Waals surface area contributed by atoms with Crippen molar-refractivity contribution in [2.75, 3.05) is 12.3 Å². The molecule has 3 aromatic carbocycles. The maximum absolute atomic E-state index is 14.3. The number of amides is 1. The topological polar surface area (TPSA) is 147 Å². The summed E-state index contributed by atoms with van der Waals surface area (Å²) in [7, 11) is -8.73. The van der Waals surface area contributed by atoms with E-state index in [2.05, 4.69) is 0 Å². The van der Waals surface area contributed by atoms with Gasteiger partial charge in [0.05, 0.1) is 12.2 Å². The van der Waals surface area contributed by atoms with Gasteiger partial charge in [0, 0.05) is 18.6 Å². The first-order valence-electron chi connectivity index (χ1n) is 12.1. The van der Waals surface area contributed by atoms with Crippen LogP contribution in [0.15, 0.2) is 77.7 Å². The van der Waals surface area contributed by atoms with E-state index in [1.54, 1.807) is 72.2 Å². The van der Waals surface area contributed by atoms with Crippen LogP contribution in [0.3, 0.4) is 0 Å². The van der Waals surface area contributed by atoms with Crippen LogP contribution in [0, 0.1) is 6.92 Å². The van der Waals surface area contributed by atoms with Crippen molar-refractivity contribution in [3.63, 3.8) is 0 Å². The Morgan fingerprint density at radius 1 is 0.897 bits per heavy atom. The number of carbonyl (C=O) groups is 2. The summed E-state index contributed by atoms with van der Waals surface area (Å²) >= 11 is 0. The largest absolute Gasteiger partial charge is 0.481 e. The summed E-state index contributed by atoms with van der Waals surface area (Å²) in [5.41, 5.74) is 1.94. The normalized spacial score (nSPS) is 13.8. The van der Waals surface area contributed by atoms with Crippen molar-refractivity contribution < 1.29 is 40.7 Å². The molecule has 0 radical (unpaired) electrons. The number of fused-ring (bicyclic) bond motifs is 2. The lowest BCUT2D eigenvalue weighted by Crippen LogP contribution is -2.54.